The fraction of sp³-hybridized carbons (Fsp3) is 0.487. The molecule has 0 saturated carbocycles. The quantitative estimate of drug-likeness (QED) is 0.0300. The normalized spacial score (nSPS) is 15.0. The molecule has 2 unspecified atom stereocenters. The van der Waals surface area contributed by atoms with Gasteiger partial charge in [0, 0.05) is 139 Å². The maximum absolute atomic E-state index is 9.69. The zero-order chi connectivity index (χ0) is 78.6. The van der Waals surface area contributed by atoms with Crippen molar-refractivity contribution in [1.82, 2.24) is 59.9 Å². The molecule has 0 spiro atoms. The number of thiophene rings is 4. The number of rotatable bonds is 22. The molecule has 26 nitrogen and oxygen atoms in total. The van der Waals surface area contributed by atoms with Crippen molar-refractivity contribution in [3.63, 3.8) is 0 Å². The van der Waals surface area contributed by atoms with Gasteiger partial charge in [0.2, 0.25) is 0 Å². The number of fused-ring (bicyclic) bond motifs is 4. The number of H-pyrrole nitrogens is 2. The van der Waals surface area contributed by atoms with Crippen LogP contribution in [0.15, 0.2) is 102 Å². The maximum atomic E-state index is 9.69. The maximum Gasteiger partial charge on any atom is 0.150 e. The molecule has 2 atom stereocenters. The number of halogens is 2. The van der Waals surface area contributed by atoms with Crippen LogP contribution in [0.4, 0.5) is 40.3 Å². The van der Waals surface area contributed by atoms with E-state index in [0.29, 0.717) is 37.8 Å². The highest BCUT2D eigenvalue weighted by atomic mass is 79.9. The number of anilines is 7. The summed E-state index contributed by atoms with van der Waals surface area (Å²) >= 11 is 10.4. The molecule has 14 heterocycles. The Balaban J connectivity index is 0.000000165. The Kier molecular flexibility index (Phi) is 29.3. The monoisotopic (exact) mass is 1660 g/mol. The first kappa shape index (κ1) is 86.4. The van der Waals surface area contributed by atoms with Gasteiger partial charge in [-0.1, -0.05) is 55.4 Å². The number of aliphatic hydroxyl groups excluding tert-OH is 4. The smallest absolute Gasteiger partial charge is 0.150 e. The Bertz CT molecular complexity index is 4750. The van der Waals surface area contributed by atoms with Gasteiger partial charge < -0.3 is 73.7 Å². The summed E-state index contributed by atoms with van der Waals surface area (Å²) in [5, 5.41) is 77.2. The molecule has 0 aliphatic carbocycles. The molecule has 596 valence electrons. The number of nitrogens with one attached hydrogen (secondary N) is 7. The third-order valence-electron chi connectivity index (χ3n) is 17.7. The highest BCUT2D eigenvalue weighted by Gasteiger charge is 2.27. The van der Waals surface area contributed by atoms with Gasteiger partial charge in [-0.3, -0.25) is 10.2 Å². The van der Waals surface area contributed by atoms with Crippen molar-refractivity contribution in [2.75, 3.05) is 104 Å². The fourth-order valence-electron chi connectivity index (χ4n) is 11.2. The molecule has 2 saturated heterocycles. The minimum atomic E-state index is -0.218. The molecule has 12 aromatic rings. The highest BCUT2D eigenvalue weighted by Crippen LogP contribution is 2.44. The summed E-state index contributed by atoms with van der Waals surface area (Å²) in [6.07, 6.45) is 13.8. The minimum Gasteiger partial charge on any atom is -0.396 e. The number of pyridine rings is 4. The number of aromatic amines is 2. The fourth-order valence-corrected chi connectivity index (χ4v) is 16.2. The summed E-state index contributed by atoms with van der Waals surface area (Å²) in [6.45, 7) is 33.4. The number of nitrogens with zero attached hydrogens (tertiary/aromatic N) is 10. The van der Waals surface area contributed by atoms with Crippen LogP contribution < -0.4 is 43.8 Å². The predicted molar refractivity (Wildman–Crippen MR) is 462 cm³/mol. The number of nitrogens with two attached hydrogens (primary N) is 3. The van der Waals surface area contributed by atoms with Crippen molar-refractivity contribution in [3.05, 3.63) is 102 Å². The van der Waals surface area contributed by atoms with Gasteiger partial charge in [0.25, 0.3) is 0 Å². The van der Waals surface area contributed by atoms with E-state index in [1.54, 1.807) is 57.7 Å². The third kappa shape index (κ3) is 23.5. The van der Waals surface area contributed by atoms with E-state index in [1.165, 1.54) is 6.42 Å². The lowest BCUT2D eigenvalue weighted by molar-refractivity contribution is -0.0384. The summed E-state index contributed by atoms with van der Waals surface area (Å²) in [6, 6.07) is 24.1. The molecular weight excluding hydrogens is 1560 g/mol. The van der Waals surface area contributed by atoms with Crippen molar-refractivity contribution in [1.29, 1.82) is 0 Å². The van der Waals surface area contributed by atoms with Crippen LogP contribution in [-0.4, -0.2) is 157 Å². The first-order valence-electron chi connectivity index (χ1n) is 36.8. The zero-order valence-electron chi connectivity index (χ0n) is 65.4. The van der Waals surface area contributed by atoms with E-state index in [1.807, 2.05) is 99.7 Å². The molecule has 2 fully saturated rings. The summed E-state index contributed by atoms with van der Waals surface area (Å²) < 4.78 is 21.4. The molecule has 17 N–H and O–H groups in total. The van der Waals surface area contributed by atoms with Gasteiger partial charge in [0.1, 0.15) is 23.3 Å². The first-order chi connectivity index (χ1) is 51.6. The van der Waals surface area contributed by atoms with Crippen LogP contribution in [0.2, 0.25) is 0 Å². The molecular formula is C78H110BrClN20O6S4. The second-order valence-corrected chi connectivity index (χ2v) is 37.8. The van der Waals surface area contributed by atoms with Crippen molar-refractivity contribution in [3.8, 4) is 42.3 Å². The van der Waals surface area contributed by atoms with E-state index >= 15 is 0 Å². The molecule has 0 amide bonds. The number of nitrogen functional groups attached to an aromatic ring is 2. The summed E-state index contributed by atoms with van der Waals surface area (Å²) in [7, 11) is 0. The number of aromatic nitrogens is 12. The Morgan fingerprint density at radius 3 is 1.19 bits per heavy atom. The van der Waals surface area contributed by atoms with Crippen LogP contribution >= 0.6 is 73.7 Å². The largest absolute Gasteiger partial charge is 0.396 e. The Hall–Kier alpha value is -7.63. The van der Waals surface area contributed by atoms with E-state index in [4.69, 9.17) is 41.7 Å². The van der Waals surface area contributed by atoms with Crippen LogP contribution in [0.3, 0.4) is 0 Å². The van der Waals surface area contributed by atoms with Crippen LogP contribution in [0, 0.1) is 21.7 Å². The van der Waals surface area contributed by atoms with Gasteiger partial charge in [-0.25, -0.2) is 29.3 Å². The van der Waals surface area contributed by atoms with Crippen molar-refractivity contribution in [2.24, 2.45) is 27.4 Å². The Labute approximate surface area is 674 Å². The molecule has 14 rings (SSSR count). The second-order valence-electron chi connectivity index (χ2n) is 32.7. The van der Waals surface area contributed by atoms with Gasteiger partial charge in [0.15, 0.2) is 12.5 Å². The molecule has 0 radical (unpaired) electrons. The highest BCUT2D eigenvalue weighted by molar-refractivity contribution is 9.10. The number of aliphatic hydroxyl groups is 4. The third-order valence-corrected chi connectivity index (χ3v) is 23.3. The molecule has 0 aromatic carbocycles. The molecule has 2 aliphatic heterocycles. The zero-order valence-corrected chi connectivity index (χ0v) is 71.1. The first-order valence-corrected chi connectivity index (χ1v) is 40.9. The molecule has 0 bridgehead atoms. The van der Waals surface area contributed by atoms with Gasteiger partial charge in [-0.05, 0) is 157 Å². The van der Waals surface area contributed by atoms with Gasteiger partial charge in [-0.2, -0.15) is 20.4 Å². The van der Waals surface area contributed by atoms with Gasteiger partial charge >= 0.3 is 0 Å². The second kappa shape index (κ2) is 37.3. The van der Waals surface area contributed by atoms with Crippen molar-refractivity contribution in [2.45, 2.75) is 159 Å². The van der Waals surface area contributed by atoms with E-state index in [0.717, 1.165) is 162 Å². The van der Waals surface area contributed by atoms with Crippen molar-refractivity contribution >= 4 is 155 Å². The molecule has 32 heteroatoms. The predicted octanol–water partition coefficient (Wildman–Crippen LogP) is 17.1. The van der Waals surface area contributed by atoms with Gasteiger partial charge in [-0.15, -0.1) is 57.8 Å². The van der Waals surface area contributed by atoms with E-state index in [9.17, 15) is 15.3 Å². The topological polar surface area (TPSA) is 382 Å². The summed E-state index contributed by atoms with van der Waals surface area (Å²) in [4.78, 5) is 22.9. The van der Waals surface area contributed by atoms with Crippen molar-refractivity contribution < 1.29 is 29.9 Å². The lowest BCUT2D eigenvalue weighted by atomic mass is 9.95. The average molecular weight is 1670 g/mol. The summed E-state index contributed by atoms with van der Waals surface area (Å²) in [5.74, 6) is 2.67. The minimum absolute atomic E-state index is 0. The van der Waals surface area contributed by atoms with Crippen LogP contribution in [0.5, 0.6) is 0 Å². The lowest BCUT2D eigenvalue weighted by Crippen LogP contribution is -2.28. The summed E-state index contributed by atoms with van der Waals surface area (Å²) in [5.41, 5.74) is 26.9. The Morgan fingerprint density at radius 1 is 0.473 bits per heavy atom. The molecule has 110 heavy (non-hydrogen) atoms. The van der Waals surface area contributed by atoms with E-state index in [2.05, 4.69) is 175 Å². The van der Waals surface area contributed by atoms with Gasteiger partial charge in [0.05, 0.1) is 100 Å². The average Bonchev–Trinajstić information content (AvgIpc) is 1.64. The van der Waals surface area contributed by atoms with E-state index < -0.39 is 0 Å². The number of hydrogen-bond donors (Lipinski definition) is 14. The number of ether oxygens (including phenoxy) is 2. The van der Waals surface area contributed by atoms with Crippen LogP contribution in [0.1, 0.15) is 148 Å². The molecule has 2 aliphatic rings. The van der Waals surface area contributed by atoms with Crippen LogP contribution in [0.25, 0.3) is 83.2 Å². The molecule has 12 aromatic heterocycles. The lowest BCUT2D eigenvalue weighted by Gasteiger charge is -2.24. The standard InChI is InChI=1S/C24H35N5O2S.C19H23BrN4OS.2C15H19N5OS.C5H13NO.ClH/c1-23(2,3)28-20-13-16(25-14-24(4,5)15-30)22-17(27-20)12-19(32-22)18-9-10-26-29(18)21-8-6-7-11-31-21;1-19(2,3)23-16-10-12(20)18-13(22-16)11-15(26-18)14-7-8-21-24(14)17-6-4-5-9-25-17;2*1-15(2,8-21)7-17-10-6-13(16)19-11-5-12(22-14(10)11)9-3-4-18-20-9;1-5(2,3-6)4-7;/h9-10,12-13,21,30H,6-8,11,14-15H2,1-5H3,(H2,25,27,28);7-8,10-11,17H,4-6,9H2,1-3H3,(H,22,23);2*3-6,21H,7-8H2,1-2H3,(H,18,20)(H3,16,17,19);7H,3-4,6H2,1-2H3;1H. The SMILES string of the molecule is CC(C)(C)Nc1cc(Br)c2sc(-c3ccnn3C3CCCCO3)cc2n1.CC(C)(CN)CO.CC(C)(CO)CNc1cc(N)nc2cc(-c3ccn[nH]3)sc12.CC(C)(CO)CNc1cc(N)nc2cc(-c3ccn[nH]3)sc12.CC(C)(CO)CNc1cc(NC(C)(C)C)nc2cc(-c3ccnn3C3CCCCO3)sc12.Cl. The van der Waals surface area contributed by atoms with Crippen LogP contribution in [-0.2, 0) is 9.47 Å². The van der Waals surface area contributed by atoms with E-state index in [-0.39, 0.29) is 84.0 Å². The number of hydrogen-bond acceptors (Lipinski definition) is 26. The Morgan fingerprint density at radius 2 is 0.836 bits per heavy atom.